The van der Waals surface area contributed by atoms with E-state index in [-0.39, 0.29) is 29.9 Å². The summed E-state index contributed by atoms with van der Waals surface area (Å²) in [7, 11) is -1.47. The molecule has 0 aromatic heterocycles. The summed E-state index contributed by atoms with van der Waals surface area (Å²) in [6.45, 7) is 3.93. The lowest BCUT2D eigenvalue weighted by Gasteiger charge is -2.37. The maximum Gasteiger partial charge on any atom is 0.257 e. The molecule has 10 heteroatoms. The molecule has 3 fully saturated rings. The van der Waals surface area contributed by atoms with Gasteiger partial charge in [-0.15, -0.1) is 0 Å². The maximum absolute atomic E-state index is 14.0. The van der Waals surface area contributed by atoms with Crippen molar-refractivity contribution in [3.63, 3.8) is 0 Å². The lowest BCUT2D eigenvalue weighted by Crippen LogP contribution is -2.39. The van der Waals surface area contributed by atoms with E-state index in [0.29, 0.717) is 41.7 Å². The van der Waals surface area contributed by atoms with Crippen molar-refractivity contribution in [3.05, 3.63) is 47.5 Å². The number of alkyl halides is 2. The van der Waals surface area contributed by atoms with Crippen molar-refractivity contribution in [2.45, 2.75) is 69.6 Å². The molecule has 2 aliphatic heterocycles. The highest BCUT2D eigenvalue weighted by Crippen LogP contribution is 2.54. The summed E-state index contributed by atoms with van der Waals surface area (Å²) in [6, 6.07) is 10.9. The van der Waals surface area contributed by atoms with Crippen molar-refractivity contribution < 1.29 is 22.0 Å². The number of rotatable bonds is 6. The first-order valence-corrected chi connectivity index (χ1v) is 16.0. The largest absolute Gasteiger partial charge is 0.373 e. The minimum absolute atomic E-state index is 0.0382. The predicted molar refractivity (Wildman–Crippen MR) is 155 cm³/mol. The van der Waals surface area contributed by atoms with Crippen LogP contribution in [0.25, 0.3) is 0 Å². The van der Waals surface area contributed by atoms with E-state index in [9.17, 15) is 22.0 Å². The van der Waals surface area contributed by atoms with Crippen molar-refractivity contribution in [3.8, 4) is 0 Å². The molecule has 2 aliphatic carbocycles. The number of likely N-dealkylation sites (N-methyl/N-ethyl adjacent to an activating group) is 1. The van der Waals surface area contributed by atoms with Crippen LogP contribution in [0.3, 0.4) is 0 Å². The number of amides is 1. The zero-order valence-electron chi connectivity index (χ0n) is 23.2. The fraction of sp³-hybridized carbons (Fsp3) is 0.567. The van der Waals surface area contributed by atoms with E-state index in [2.05, 4.69) is 19.8 Å². The Morgan fingerprint density at radius 2 is 1.57 bits per heavy atom. The highest BCUT2D eigenvalue weighted by Gasteiger charge is 2.49. The highest BCUT2D eigenvalue weighted by atomic mass is 32.2. The molecule has 2 saturated carbocycles. The molecule has 0 atom stereocenters. The summed E-state index contributed by atoms with van der Waals surface area (Å²) in [5, 5.41) is 3.06. The summed E-state index contributed by atoms with van der Waals surface area (Å²) in [5.74, 6) is -2.93. The molecule has 1 amide bonds. The number of hydrogen-bond acceptors (Lipinski definition) is 5. The second-order valence-electron chi connectivity index (χ2n) is 12.4. The molecule has 2 heterocycles. The van der Waals surface area contributed by atoms with Crippen LogP contribution in [0.15, 0.2) is 36.4 Å². The Morgan fingerprint density at radius 3 is 2.23 bits per heavy atom. The molecule has 216 valence electrons. The fourth-order valence-corrected chi connectivity index (χ4v) is 7.55. The van der Waals surface area contributed by atoms with Crippen LogP contribution in [0.5, 0.6) is 0 Å². The predicted octanol–water partition coefficient (Wildman–Crippen LogP) is 5.98. The third-order valence-corrected chi connectivity index (χ3v) is 11.0. The van der Waals surface area contributed by atoms with E-state index in [0.717, 1.165) is 42.9 Å². The maximum atomic E-state index is 14.0. The third kappa shape index (κ3) is 5.15. The number of nitrogens with zero attached hydrogens (tertiary/aromatic N) is 2. The second-order valence-corrected chi connectivity index (χ2v) is 14.4. The number of carbonyl (C=O) groups excluding carboxylic acids is 1. The Balaban J connectivity index is 1.28. The first-order valence-electron chi connectivity index (χ1n) is 14.4. The quantitative estimate of drug-likeness (QED) is 0.445. The van der Waals surface area contributed by atoms with Crippen molar-refractivity contribution in [1.82, 2.24) is 0 Å². The normalized spacial score (nSPS) is 22.3. The lowest BCUT2D eigenvalue weighted by atomic mass is 9.69. The first-order chi connectivity index (χ1) is 18.9. The molecule has 40 heavy (non-hydrogen) atoms. The molecular formula is C30H38F2N4O3S. The number of halogens is 2. The topological polar surface area (TPSA) is 81.7 Å². The van der Waals surface area contributed by atoms with Gasteiger partial charge in [0.2, 0.25) is 15.9 Å². The average Bonchev–Trinajstić information content (AvgIpc) is 3.62. The van der Waals surface area contributed by atoms with Gasteiger partial charge in [-0.05, 0) is 92.8 Å². The van der Waals surface area contributed by atoms with Gasteiger partial charge in [-0.3, -0.25) is 9.52 Å². The number of sulfonamides is 1. The molecule has 4 aliphatic rings. The van der Waals surface area contributed by atoms with Crippen LogP contribution in [0.1, 0.15) is 74.2 Å². The van der Waals surface area contributed by atoms with Gasteiger partial charge >= 0.3 is 0 Å². The van der Waals surface area contributed by atoms with E-state index in [1.54, 1.807) is 25.1 Å². The number of carbonyl (C=O) groups is 1. The van der Waals surface area contributed by atoms with E-state index < -0.39 is 15.9 Å². The van der Waals surface area contributed by atoms with Gasteiger partial charge in [0.05, 0.1) is 22.7 Å². The van der Waals surface area contributed by atoms with Gasteiger partial charge in [0.1, 0.15) is 0 Å². The molecule has 2 aromatic carbocycles. The van der Waals surface area contributed by atoms with Crippen LogP contribution in [-0.4, -0.2) is 52.7 Å². The van der Waals surface area contributed by atoms with Gasteiger partial charge in [0, 0.05) is 56.3 Å². The monoisotopic (exact) mass is 572 g/mol. The molecule has 7 nitrogen and oxygen atoms in total. The minimum Gasteiger partial charge on any atom is -0.373 e. The van der Waals surface area contributed by atoms with E-state index in [1.165, 1.54) is 12.8 Å². The SMILES string of the molecule is CCS(=O)(=O)Nc1ccc(C(=O)Nc2ccc3c(c2)C2(CCC(F)(F)CC2)CN3C)c(N2CCC3(CC2)CC3)c1. The van der Waals surface area contributed by atoms with Crippen LogP contribution < -0.4 is 19.8 Å². The fourth-order valence-electron chi connectivity index (χ4n) is 6.92. The summed E-state index contributed by atoms with van der Waals surface area (Å²) in [5.41, 5.74) is 4.45. The lowest BCUT2D eigenvalue weighted by molar-refractivity contribution is -0.0499. The summed E-state index contributed by atoms with van der Waals surface area (Å²) >= 11 is 0. The van der Waals surface area contributed by atoms with Crippen molar-refractivity contribution in [1.29, 1.82) is 0 Å². The first kappa shape index (κ1) is 27.3. The molecule has 0 bridgehead atoms. The van der Waals surface area contributed by atoms with Crippen molar-refractivity contribution >= 4 is 38.7 Å². The van der Waals surface area contributed by atoms with Gasteiger partial charge in [0.15, 0.2) is 0 Å². The van der Waals surface area contributed by atoms with Crippen LogP contribution in [-0.2, 0) is 15.4 Å². The van der Waals surface area contributed by atoms with Crippen LogP contribution in [0.4, 0.5) is 31.5 Å². The molecule has 2 N–H and O–H groups in total. The zero-order chi connectivity index (χ0) is 28.3. The molecule has 0 radical (unpaired) electrons. The third-order valence-electron chi connectivity index (χ3n) is 9.73. The molecule has 2 spiro atoms. The van der Waals surface area contributed by atoms with Gasteiger partial charge in [-0.1, -0.05) is 0 Å². The number of benzene rings is 2. The highest BCUT2D eigenvalue weighted by molar-refractivity contribution is 7.92. The van der Waals surface area contributed by atoms with Crippen molar-refractivity contribution in [2.24, 2.45) is 5.41 Å². The number of anilines is 4. The number of nitrogens with one attached hydrogen (secondary N) is 2. The van der Waals surface area contributed by atoms with Gasteiger partial charge in [-0.2, -0.15) is 0 Å². The Morgan fingerprint density at radius 1 is 0.900 bits per heavy atom. The summed E-state index contributed by atoms with van der Waals surface area (Å²) in [6.07, 6.45) is 5.26. The van der Waals surface area contributed by atoms with Gasteiger partial charge < -0.3 is 15.1 Å². The van der Waals surface area contributed by atoms with Crippen LogP contribution in [0, 0.1) is 5.41 Å². The minimum atomic E-state index is -3.46. The van der Waals surface area contributed by atoms with Gasteiger partial charge in [0.25, 0.3) is 5.91 Å². The molecule has 0 unspecified atom stereocenters. The molecular weight excluding hydrogens is 534 g/mol. The second kappa shape index (κ2) is 9.60. The smallest absolute Gasteiger partial charge is 0.257 e. The number of hydrogen-bond donors (Lipinski definition) is 2. The summed E-state index contributed by atoms with van der Waals surface area (Å²) in [4.78, 5) is 18.0. The average molecular weight is 573 g/mol. The Hall–Kier alpha value is -2.88. The van der Waals surface area contributed by atoms with Crippen molar-refractivity contribution in [2.75, 3.05) is 52.3 Å². The standard InChI is InChI=1S/C30H38F2N4O3S/c1-3-40(38,39)34-22-4-6-23(26(19-22)36-16-14-28(8-9-28)15-17-36)27(37)33-21-5-7-25-24(18-21)29(20-35(25)2)10-12-30(31,32)13-11-29/h4-7,18-19,34H,3,8-17,20H2,1-2H3,(H,33,37). The number of fused-ring (bicyclic) bond motifs is 2. The van der Waals surface area contributed by atoms with Crippen LogP contribution >= 0.6 is 0 Å². The summed E-state index contributed by atoms with van der Waals surface area (Å²) < 4.78 is 55.1. The Bertz CT molecular complexity index is 1420. The Kier molecular flexibility index (Phi) is 6.55. The van der Waals surface area contributed by atoms with Gasteiger partial charge in [-0.25, -0.2) is 17.2 Å². The van der Waals surface area contributed by atoms with E-state index in [4.69, 9.17) is 0 Å². The number of piperidine rings is 1. The molecule has 1 saturated heterocycles. The molecule has 2 aromatic rings. The zero-order valence-corrected chi connectivity index (χ0v) is 24.0. The molecule has 6 rings (SSSR count). The Labute approximate surface area is 235 Å². The van der Waals surface area contributed by atoms with E-state index >= 15 is 0 Å². The van der Waals surface area contributed by atoms with Crippen LogP contribution in [0.2, 0.25) is 0 Å². The van der Waals surface area contributed by atoms with E-state index in [1.807, 2.05) is 25.2 Å².